The lowest BCUT2D eigenvalue weighted by Gasteiger charge is -2.04. The highest BCUT2D eigenvalue weighted by molar-refractivity contribution is 8.00. The van der Waals surface area contributed by atoms with E-state index < -0.39 is 0 Å². The Morgan fingerprint density at radius 2 is 2.10 bits per heavy atom. The largest absolute Gasteiger partial charge is 0.361 e. The molecule has 1 N–H and O–H groups in total. The molecule has 4 aromatic rings. The number of hydrogen-bond donors (Lipinski definition) is 1. The number of nitrogens with zero attached hydrogens (tertiary/aromatic N) is 3. The molecule has 1 amide bonds. The summed E-state index contributed by atoms with van der Waals surface area (Å²) in [6.45, 7) is 3.88. The Hall–Kier alpha value is -2.36. The van der Waals surface area contributed by atoms with E-state index in [9.17, 15) is 4.79 Å². The van der Waals surface area contributed by atoms with Crippen molar-refractivity contribution in [2.24, 2.45) is 0 Å². The Morgan fingerprint density at radius 1 is 1.21 bits per heavy atom. The molecule has 0 bridgehead atoms. The second-order valence-corrected chi connectivity index (χ2v) is 9.51. The molecule has 0 aliphatic carbocycles. The maximum atomic E-state index is 12.2. The number of rotatable bonds is 7. The van der Waals surface area contributed by atoms with Gasteiger partial charge in [-0.1, -0.05) is 34.7 Å². The summed E-state index contributed by atoms with van der Waals surface area (Å²) in [6, 6.07) is 11.4. The molecule has 1 aromatic carbocycles. The Kier molecular flexibility index (Phi) is 6.17. The highest BCUT2D eigenvalue weighted by Gasteiger charge is 2.12. The topological polar surface area (TPSA) is 80.9 Å². The Morgan fingerprint density at radius 3 is 2.86 bits per heavy atom. The Bertz CT molecular complexity index is 1120. The van der Waals surface area contributed by atoms with Crippen LogP contribution in [-0.4, -0.2) is 26.8 Å². The van der Waals surface area contributed by atoms with Crippen molar-refractivity contribution in [2.45, 2.75) is 29.0 Å². The lowest BCUT2D eigenvalue weighted by atomic mass is 10.2. The number of amides is 1. The molecular formula is C20H18N4O2S3. The number of hydrogen-bond acceptors (Lipinski definition) is 8. The summed E-state index contributed by atoms with van der Waals surface area (Å²) in [5.41, 5.74) is 3.74. The van der Waals surface area contributed by atoms with Gasteiger partial charge in [0.15, 0.2) is 4.34 Å². The van der Waals surface area contributed by atoms with E-state index in [-0.39, 0.29) is 5.91 Å². The molecule has 0 spiro atoms. The molecule has 0 fully saturated rings. The van der Waals surface area contributed by atoms with Crippen LogP contribution in [0.2, 0.25) is 0 Å². The summed E-state index contributed by atoms with van der Waals surface area (Å²) in [6.07, 6.45) is 1.72. The molecule has 4 rings (SSSR count). The van der Waals surface area contributed by atoms with Crippen molar-refractivity contribution in [1.82, 2.24) is 15.1 Å². The SMILES string of the molecule is Cc1noc(C)c1CSc1nc2ccc(NC(=O)CSc3ccccn3)cc2s1. The molecule has 0 radical (unpaired) electrons. The van der Waals surface area contributed by atoms with Crippen molar-refractivity contribution in [1.29, 1.82) is 0 Å². The van der Waals surface area contributed by atoms with Crippen molar-refractivity contribution >= 4 is 56.7 Å². The van der Waals surface area contributed by atoms with Crippen molar-refractivity contribution in [3.05, 3.63) is 59.6 Å². The monoisotopic (exact) mass is 442 g/mol. The molecule has 9 heteroatoms. The van der Waals surface area contributed by atoms with Gasteiger partial charge in [-0.3, -0.25) is 4.79 Å². The smallest absolute Gasteiger partial charge is 0.234 e. The molecule has 29 heavy (non-hydrogen) atoms. The van der Waals surface area contributed by atoms with Gasteiger partial charge in [0, 0.05) is 23.2 Å². The number of nitrogens with one attached hydrogen (secondary N) is 1. The predicted molar refractivity (Wildman–Crippen MR) is 119 cm³/mol. The van der Waals surface area contributed by atoms with Crippen LogP contribution in [-0.2, 0) is 10.5 Å². The number of thioether (sulfide) groups is 2. The fraction of sp³-hybridized carbons (Fsp3) is 0.200. The minimum atomic E-state index is -0.0578. The van der Waals surface area contributed by atoms with E-state index in [1.165, 1.54) is 11.8 Å². The third kappa shape index (κ3) is 4.98. The minimum Gasteiger partial charge on any atom is -0.361 e. The second-order valence-electron chi connectivity index (χ2n) is 6.26. The third-order valence-corrected chi connectivity index (χ3v) is 7.29. The van der Waals surface area contributed by atoms with Gasteiger partial charge in [0.1, 0.15) is 5.76 Å². The molecule has 0 aliphatic heterocycles. The molecule has 0 saturated carbocycles. The zero-order valence-electron chi connectivity index (χ0n) is 15.8. The van der Waals surface area contributed by atoms with Crippen LogP contribution >= 0.6 is 34.9 Å². The van der Waals surface area contributed by atoms with Gasteiger partial charge in [-0.05, 0) is 44.2 Å². The average molecular weight is 443 g/mol. The molecular weight excluding hydrogens is 424 g/mol. The van der Waals surface area contributed by atoms with Gasteiger partial charge >= 0.3 is 0 Å². The van der Waals surface area contributed by atoms with Gasteiger partial charge in [-0.25, -0.2) is 9.97 Å². The number of benzene rings is 1. The summed E-state index contributed by atoms with van der Waals surface area (Å²) < 4.78 is 7.24. The first kappa shape index (κ1) is 19.9. The van der Waals surface area contributed by atoms with Gasteiger partial charge in [-0.15, -0.1) is 11.3 Å². The second kappa shape index (κ2) is 8.98. The lowest BCUT2D eigenvalue weighted by Crippen LogP contribution is -2.13. The number of carbonyl (C=O) groups excluding carboxylic acids is 1. The van der Waals surface area contributed by atoms with Crippen LogP contribution in [0.4, 0.5) is 5.69 Å². The predicted octanol–water partition coefficient (Wildman–Crippen LogP) is 5.32. The lowest BCUT2D eigenvalue weighted by molar-refractivity contribution is -0.113. The standard InChI is InChI=1S/C20H18N4O2S3/c1-12-15(13(2)26-24-12)10-28-20-23-16-7-6-14(9-17(16)29-20)22-18(25)11-27-19-5-3-4-8-21-19/h3-9H,10-11H2,1-2H3,(H,22,25). The maximum Gasteiger partial charge on any atom is 0.234 e. The van der Waals surface area contributed by atoms with Crippen molar-refractivity contribution in [3.63, 3.8) is 0 Å². The first-order chi connectivity index (χ1) is 14.1. The number of pyridine rings is 1. The fourth-order valence-electron chi connectivity index (χ4n) is 2.65. The quantitative estimate of drug-likeness (QED) is 0.388. The van der Waals surface area contributed by atoms with Crippen LogP contribution in [0.25, 0.3) is 10.2 Å². The average Bonchev–Trinajstić information content (AvgIpc) is 3.27. The van der Waals surface area contributed by atoms with E-state index in [2.05, 4.69) is 20.4 Å². The molecule has 148 valence electrons. The van der Waals surface area contributed by atoms with Gasteiger partial charge in [0.2, 0.25) is 5.91 Å². The van der Waals surface area contributed by atoms with Gasteiger partial charge in [0.05, 0.1) is 26.7 Å². The molecule has 0 atom stereocenters. The zero-order chi connectivity index (χ0) is 20.2. The number of fused-ring (bicyclic) bond motifs is 1. The Balaban J connectivity index is 1.38. The molecule has 0 saturated heterocycles. The number of aryl methyl sites for hydroxylation is 2. The number of carbonyl (C=O) groups is 1. The third-order valence-electron chi connectivity index (χ3n) is 4.16. The first-order valence-corrected chi connectivity index (χ1v) is 11.7. The van der Waals surface area contributed by atoms with E-state index in [1.807, 2.05) is 50.2 Å². The van der Waals surface area contributed by atoms with Crippen molar-refractivity contribution < 1.29 is 9.32 Å². The fourth-order valence-corrected chi connectivity index (χ4v) is 5.58. The highest BCUT2D eigenvalue weighted by atomic mass is 32.2. The number of anilines is 1. The van der Waals surface area contributed by atoms with E-state index in [4.69, 9.17) is 4.52 Å². The van der Waals surface area contributed by atoms with Gasteiger partial charge < -0.3 is 9.84 Å². The molecule has 3 heterocycles. The number of aromatic nitrogens is 3. The summed E-state index contributed by atoms with van der Waals surface area (Å²) in [5.74, 6) is 1.88. The van der Waals surface area contributed by atoms with Crippen LogP contribution in [0.3, 0.4) is 0 Å². The van der Waals surface area contributed by atoms with Crippen LogP contribution < -0.4 is 5.32 Å². The summed E-state index contributed by atoms with van der Waals surface area (Å²) in [4.78, 5) is 21.1. The number of thiazole rings is 1. The Labute approximate surface area is 180 Å². The van der Waals surface area contributed by atoms with E-state index in [1.54, 1.807) is 29.3 Å². The van der Waals surface area contributed by atoms with Gasteiger partial charge in [0.25, 0.3) is 0 Å². The van der Waals surface area contributed by atoms with Crippen LogP contribution in [0, 0.1) is 13.8 Å². The summed E-state index contributed by atoms with van der Waals surface area (Å²) >= 11 is 4.70. The molecule has 3 aromatic heterocycles. The van der Waals surface area contributed by atoms with E-state index in [0.717, 1.165) is 48.0 Å². The van der Waals surface area contributed by atoms with Crippen LogP contribution in [0.1, 0.15) is 17.0 Å². The van der Waals surface area contributed by atoms with Crippen molar-refractivity contribution in [3.8, 4) is 0 Å². The first-order valence-electron chi connectivity index (χ1n) is 8.87. The van der Waals surface area contributed by atoms with Gasteiger partial charge in [-0.2, -0.15) is 0 Å². The van der Waals surface area contributed by atoms with Crippen LogP contribution in [0.5, 0.6) is 0 Å². The molecule has 6 nitrogen and oxygen atoms in total. The molecule has 0 aliphatic rings. The van der Waals surface area contributed by atoms with Crippen molar-refractivity contribution in [2.75, 3.05) is 11.1 Å². The van der Waals surface area contributed by atoms with E-state index in [0.29, 0.717) is 5.75 Å². The molecule has 0 unspecified atom stereocenters. The summed E-state index contributed by atoms with van der Waals surface area (Å²) in [5, 5.41) is 7.77. The summed E-state index contributed by atoms with van der Waals surface area (Å²) in [7, 11) is 0. The van der Waals surface area contributed by atoms with Crippen LogP contribution in [0.15, 0.2) is 56.5 Å². The van der Waals surface area contributed by atoms with E-state index >= 15 is 0 Å². The highest BCUT2D eigenvalue weighted by Crippen LogP contribution is 2.34. The maximum absolute atomic E-state index is 12.2. The minimum absolute atomic E-state index is 0.0578. The zero-order valence-corrected chi connectivity index (χ0v) is 18.3. The normalized spacial score (nSPS) is 11.1.